The van der Waals surface area contributed by atoms with E-state index in [-0.39, 0.29) is 32.7 Å². The molecule has 0 aromatic carbocycles. The van der Waals surface area contributed by atoms with Crippen molar-refractivity contribution in [3.05, 3.63) is 6.92 Å². The van der Waals surface area contributed by atoms with E-state index in [4.69, 9.17) is 0 Å². The summed E-state index contributed by atoms with van der Waals surface area (Å²) in [5.41, 5.74) is 0. The molecule has 0 aliphatic heterocycles. The second-order valence-corrected chi connectivity index (χ2v) is 2.97. The van der Waals surface area contributed by atoms with Gasteiger partial charge in [-0.2, -0.15) is 6.42 Å². The van der Waals surface area contributed by atoms with Gasteiger partial charge in [-0.15, -0.1) is 0 Å². The van der Waals surface area contributed by atoms with E-state index in [1.54, 1.807) is 0 Å². The number of unbranched alkanes of at least 4 members (excludes halogenated alkanes) is 7. The maximum Gasteiger partial charge on any atom is 0 e. The SMILES string of the molecule is [CH2-]CCCCCCCCC.[Y]. The summed E-state index contributed by atoms with van der Waals surface area (Å²) >= 11 is 0. The molecule has 0 N–H and O–H groups in total. The Hall–Kier alpha value is 1.10. The van der Waals surface area contributed by atoms with Crippen LogP contribution in [0.1, 0.15) is 58.3 Å². The van der Waals surface area contributed by atoms with Gasteiger partial charge in [0.15, 0.2) is 0 Å². The van der Waals surface area contributed by atoms with Crippen LogP contribution in [0.15, 0.2) is 0 Å². The van der Waals surface area contributed by atoms with E-state index in [9.17, 15) is 0 Å². The zero-order chi connectivity index (χ0) is 7.66. The summed E-state index contributed by atoms with van der Waals surface area (Å²) in [5.74, 6) is 0. The Labute approximate surface area is 97.4 Å². The quantitative estimate of drug-likeness (QED) is 0.458. The van der Waals surface area contributed by atoms with Crippen LogP contribution in [0.2, 0.25) is 0 Å². The Kier molecular flexibility index (Phi) is 18.2. The second kappa shape index (κ2) is 13.7. The molecule has 1 radical (unpaired) electrons. The Morgan fingerprint density at radius 1 is 0.818 bits per heavy atom. The van der Waals surface area contributed by atoms with Crippen molar-refractivity contribution < 1.29 is 32.7 Å². The van der Waals surface area contributed by atoms with Crippen LogP contribution in [0.4, 0.5) is 0 Å². The maximum absolute atomic E-state index is 3.82. The molecular formula is C10H21Y-. The molecule has 65 valence electrons. The normalized spacial score (nSPS) is 9.27. The third-order valence-electron chi connectivity index (χ3n) is 1.85. The van der Waals surface area contributed by atoms with Gasteiger partial charge < -0.3 is 6.92 Å². The smallest absolute Gasteiger partial charge is 0 e. The maximum atomic E-state index is 3.82. The van der Waals surface area contributed by atoms with Gasteiger partial charge in [0.2, 0.25) is 0 Å². The van der Waals surface area contributed by atoms with E-state index >= 15 is 0 Å². The summed E-state index contributed by atoms with van der Waals surface area (Å²) in [4.78, 5) is 0. The fourth-order valence-corrected chi connectivity index (χ4v) is 1.13. The van der Waals surface area contributed by atoms with Crippen molar-refractivity contribution in [1.82, 2.24) is 0 Å². The number of hydrogen-bond acceptors (Lipinski definition) is 0. The monoisotopic (exact) mass is 230 g/mol. The summed E-state index contributed by atoms with van der Waals surface area (Å²) in [5, 5.41) is 0. The van der Waals surface area contributed by atoms with E-state index in [2.05, 4.69) is 13.8 Å². The topological polar surface area (TPSA) is 0 Å². The summed E-state index contributed by atoms with van der Waals surface area (Å²) in [6.45, 7) is 6.08. The van der Waals surface area contributed by atoms with Gasteiger partial charge in [-0.25, -0.2) is 0 Å². The molecule has 0 fully saturated rings. The summed E-state index contributed by atoms with van der Waals surface area (Å²) in [7, 11) is 0. The van der Waals surface area contributed by atoms with Gasteiger partial charge in [-0.1, -0.05) is 51.9 Å². The van der Waals surface area contributed by atoms with Crippen LogP contribution in [0.5, 0.6) is 0 Å². The molecule has 0 bridgehead atoms. The van der Waals surface area contributed by atoms with E-state index in [0.29, 0.717) is 0 Å². The molecule has 0 aromatic rings. The Balaban J connectivity index is 0. The predicted molar refractivity (Wildman–Crippen MR) is 48.0 cm³/mol. The van der Waals surface area contributed by atoms with Crippen molar-refractivity contribution in [2.75, 3.05) is 0 Å². The molecule has 0 nitrogen and oxygen atoms in total. The average molecular weight is 230 g/mol. The third-order valence-corrected chi connectivity index (χ3v) is 1.85. The predicted octanol–water partition coefficient (Wildman–Crippen LogP) is 3.96. The standard InChI is InChI=1S/C10H21.Y/c1-3-5-7-9-10-8-6-4-2;/h1,3-10H2,2H3;/q-1;. The molecular weight excluding hydrogens is 209 g/mol. The van der Waals surface area contributed by atoms with Crippen molar-refractivity contribution in [2.45, 2.75) is 58.3 Å². The average Bonchev–Trinajstić information content (AvgIpc) is 1.97. The summed E-state index contributed by atoms with van der Waals surface area (Å²) in [6.07, 6.45) is 10.9. The molecule has 0 amide bonds. The van der Waals surface area contributed by atoms with E-state index < -0.39 is 0 Å². The van der Waals surface area contributed by atoms with Crippen LogP contribution in [0.25, 0.3) is 0 Å². The fourth-order valence-electron chi connectivity index (χ4n) is 1.13. The van der Waals surface area contributed by atoms with Crippen LogP contribution < -0.4 is 0 Å². The van der Waals surface area contributed by atoms with Crippen LogP contribution in [-0.2, 0) is 32.7 Å². The molecule has 0 aromatic heterocycles. The minimum atomic E-state index is 0. The van der Waals surface area contributed by atoms with Gasteiger partial charge in [-0.05, 0) is 0 Å². The van der Waals surface area contributed by atoms with Crippen LogP contribution >= 0.6 is 0 Å². The second-order valence-electron chi connectivity index (χ2n) is 2.97. The largest absolute Gasteiger partial charge is 0.343 e. The van der Waals surface area contributed by atoms with E-state index in [1.807, 2.05) is 0 Å². The van der Waals surface area contributed by atoms with Crippen LogP contribution in [-0.4, -0.2) is 0 Å². The van der Waals surface area contributed by atoms with Gasteiger partial charge in [0.25, 0.3) is 0 Å². The molecule has 0 saturated heterocycles. The van der Waals surface area contributed by atoms with Crippen molar-refractivity contribution in [1.29, 1.82) is 0 Å². The van der Waals surface area contributed by atoms with Gasteiger partial charge in [-0.3, -0.25) is 0 Å². The van der Waals surface area contributed by atoms with E-state index in [1.165, 1.54) is 44.9 Å². The van der Waals surface area contributed by atoms with E-state index in [0.717, 1.165) is 6.42 Å². The van der Waals surface area contributed by atoms with Gasteiger partial charge in [0.1, 0.15) is 0 Å². The third kappa shape index (κ3) is 14.0. The van der Waals surface area contributed by atoms with Crippen LogP contribution in [0.3, 0.4) is 0 Å². The first kappa shape index (κ1) is 14.6. The van der Waals surface area contributed by atoms with Crippen molar-refractivity contribution in [3.63, 3.8) is 0 Å². The molecule has 0 heterocycles. The van der Waals surface area contributed by atoms with Crippen molar-refractivity contribution in [2.24, 2.45) is 0 Å². The van der Waals surface area contributed by atoms with Gasteiger partial charge in [0.05, 0.1) is 0 Å². The molecule has 0 aliphatic carbocycles. The minimum absolute atomic E-state index is 0. The first-order valence-electron chi connectivity index (χ1n) is 4.71. The number of rotatable bonds is 7. The van der Waals surface area contributed by atoms with Gasteiger partial charge in [0, 0.05) is 32.7 Å². The molecule has 0 aliphatic rings. The molecule has 0 rings (SSSR count). The number of hydrogen-bond donors (Lipinski definition) is 0. The zero-order valence-corrected chi connectivity index (χ0v) is 10.8. The van der Waals surface area contributed by atoms with Crippen LogP contribution in [0, 0.1) is 6.92 Å². The first-order chi connectivity index (χ1) is 4.91. The zero-order valence-electron chi connectivity index (χ0n) is 7.94. The molecule has 1 heteroatoms. The Morgan fingerprint density at radius 2 is 1.27 bits per heavy atom. The minimum Gasteiger partial charge on any atom is -0.343 e. The Bertz CT molecular complexity index is 44.8. The fraction of sp³-hybridized carbons (Fsp3) is 0.900. The van der Waals surface area contributed by atoms with Gasteiger partial charge >= 0.3 is 0 Å². The molecule has 0 spiro atoms. The molecule has 11 heavy (non-hydrogen) atoms. The molecule has 0 saturated carbocycles. The Morgan fingerprint density at radius 3 is 1.73 bits per heavy atom. The summed E-state index contributed by atoms with van der Waals surface area (Å²) in [6, 6.07) is 0. The first-order valence-corrected chi connectivity index (χ1v) is 4.71. The van der Waals surface area contributed by atoms with Crippen molar-refractivity contribution in [3.8, 4) is 0 Å². The van der Waals surface area contributed by atoms with Crippen molar-refractivity contribution >= 4 is 0 Å². The molecule has 0 atom stereocenters. The molecule has 0 unspecified atom stereocenters. The summed E-state index contributed by atoms with van der Waals surface area (Å²) < 4.78 is 0.